The van der Waals surface area contributed by atoms with Crippen molar-refractivity contribution in [3.05, 3.63) is 11.8 Å². The van der Waals surface area contributed by atoms with Gasteiger partial charge in [-0.05, 0) is 32.6 Å². The first-order valence-electron chi connectivity index (χ1n) is 3.82. The van der Waals surface area contributed by atoms with Crippen LogP contribution in [0.1, 0.15) is 6.92 Å². The molecule has 0 rings (SSSR count). The van der Waals surface area contributed by atoms with Crippen molar-refractivity contribution in [2.24, 2.45) is 0 Å². The van der Waals surface area contributed by atoms with Crippen LogP contribution in [0.2, 0.25) is 19.6 Å². The minimum absolute atomic E-state index is 0.614. The van der Waals surface area contributed by atoms with Crippen LogP contribution < -0.4 is 0 Å². The number of allylic oxidation sites excluding steroid dienone is 1. The van der Waals surface area contributed by atoms with E-state index in [0.717, 1.165) is 5.76 Å². The summed E-state index contributed by atoms with van der Waals surface area (Å²) in [6, 6.07) is 0. The Bertz CT molecular complexity index is 136. The average molecular weight is 174 g/mol. The molecule has 0 aromatic rings. The van der Waals surface area contributed by atoms with Crippen LogP contribution in [0.3, 0.4) is 0 Å². The Labute approximate surface area is 70.3 Å². The van der Waals surface area contributed by atoms with Crippen LogP contribution >= 0.6 is 0 Å². The number of hydrogen-bond acceptors (Lipinski definition) is 2. The third kappa shape index (κ3) is 6.13. The molecule has 3 heteroatoms. The van der Waals surface area contributed by atoms with Crippen LogP contribution in [-0.2, 0) is 9.16 Å². The Morgan fingerprint density at radius 1 is 1.36 bits per heavy atom. The molecule has 0 bridgehead atoms. The molecule has 0 aromatic carbocycles. The van der Waals surface area contributed by atoms with Gasteiger partial charge in [-0.3, -0.25) is 0 Å². The second kappa shape index (κ2) is 4.57. The normalized spacial score (nSPS) is 13.4. The van der Waals surface area contributed by atoms with E-state index in [2.05, 4.69) is 19.6 Å². The molecule has 0 aliphatic heterocycles. The Balaban J connectivity index is 3.70. The molecule has 2 nitrogen and oxygen atoms in total. The number of hydrogen-bond donors (Lipinski definition) is 0. The van der Waals surface area contributed by atoms with Crippen LogP contribution in [0.15, 0.2) is 11.8 Å². The first-order chi connectivity index (χ1) is 4.99. The Morgan fingerprint density at radius 3 is 2.18 bits per heavy atom. The average Bonchev–Trinajstić information content (AvgIpc) is 1.88. The summed E-state index contributed by atoms with van der Waals surface area (Å²) in [4.78, 5) is 0. The smallest absolute Gasteiger partial charge is 0.184 e. The van der Waals surface area contributed by atoms with E-state index in [9.17, 15) is 0 Å². The fraction of sp³-hybridized carbons (Fsp3) is 0.750. The first-order valence-corrected chi connectivity index (χ1v) is 7.23. The van der Waals surface area contributed by atoms with Crippen LogP contribution in [0.4, 0.5) is 0 Å². The highest BCUT2D eigenvalue weighted by molar-refractivity contribution is 6.69. The Hall–Kier alpha value is -0.283. The molecule has 0 aromatic heterocycles. The van der Waals surface area contributed by atoms with E-state index in [1.165, 1.54) is 0 Å². The first kappa shape index (κ1) is 10.7. The third-order valence-electron chi connectivity index (χ3n) is 1.23. The zero-order chi connectivity index (χ0) is 8.91. The monoisotopic (exact) mass is 174 g/mol. The maximum absolute atomic E-state index is 5.62. The van der Waals surface area contributed by atoms with Gasteiger partial charge in [0.1, 0.15) is 5.76 Å². The molecule has 0 N–H and O–H groups in total. The fourth-order valence-corrected chi connectivity index (χ4v) is 1.12. The fourth-order valence-electron chi connectivity index (χ4n) is 0.548. The van der Waals surface area contributed by atoms with Gasteiger partial charge >= 0.3 is 0 Å². The number of ether oxygens (including phenoxy) is 1. The molecule has 0 amide bonds. The second-order valence-corrected chi connectivity index (χ2v) is 7.87. The van der Waals surface area contributed by atoms with Crippen molar-refractivity contribution in [1.82, 2.24) is 0 Å². The summed E-state index contributed by atoms with van der Waals surface area (Å²) >= 11 is 0. The van der Waals surface area contributed by atoms with Crippen molar-refractivity contribution in [1.29, 1.82) is 0 Å². The number of rotatable bonds is 4. The molecule has 66 valence electrons. The van der Waals surface area contributed by atoms with Gasteiger partial charge < -0.3 is 9.16 Å². The molecule has 11 heavy (non-hydrogen) atoms. The third-order valence-corrected chi connectivity index (χ3v) is 2.24. The van der Waals surface area contributed by atoms with Gasteiger partial charge in [-0.2, -0.15) is 0 Å². The molecule has 0 saturated heterocycles. The van der Waals surface area contributed by atoms with Gasteiger partial charge in [0.2, 0.25) is 0 Å². The molecule has 0 saturated carbocycles. The highest BCUT2D eigenvalue weighted by Gasteiger charge is 2.14. The van der Waals surface area contributed by atoms with E-state index in [4.69, 9.17) is 9.16 Å². The molecule has 0 aliphatic carbocycles. The van der Waals surface area contributed by atoms with Gasteiger partial charge in [-0.25, -0.2) is 0 Å². The molecule has 0 radical (unpaired) electrons. The van der Waals surface area contributed by atoms with Crippen molar-refractivity contribution in [3.63, 3.8) is 0 Å². The molecule has 0 spiro atoms. The van der Waals surface area contributed by atoms with Crippen molar-refractivity contribution < 1.29 is 9.16 Å². The van der Waals surface area contributed by atoms with Gasteiger partial charge in [-0.15, -0.1) is 0 Å². The number of methoxy groups -OCH3 is 1. The molecule has 0 heterocycles. The lowest BCUT2D eigenvalue weighted by atomic mass is 10.5. The highest BCUT2D eigenvalue weighted by Crippen LogP contribution is 2.05. The Kier molecular flexibility index (Phi) is 4.45. The largest absolute Gasteiger partial charge is 0.499 e. The summed E-state index contributed by atoms with van der Waals surface area (Å²) in [6.45, 7) is 9.05. The minimum atomic E-state index is -1.37. The van der Waals surface area contributed by atoms with E-state index in [1.54, 1.807) is 7.11 Å². The predicted molar refractivity (Wildman–Crippen MR) is 50.1 cm³/mol. The van der Waals surface area contributed by atoms with E-state index >= 15 is 0 Å². The van der Waals surface area contributed by atoms with E-state index in [-0.39, 0.29) is 0 Å². The maximum Gasteiger partial charge on any atom is 0.184 e. The molecular weight excluding hydrogens is 156 g/mol. The lowest BCUT2D eigenvalue weighted by Crippen LogP contribution is -2.26. The van der Waals surface area contributed by atoms with Crippen molar-refractivity contribution >= 4 is 8.32 Å². The lowest BCUT2D eigenvalue weighted by molar-refractivity contribution is 0.215. The lowest BCUT2D eigenvalue weighted by Gasteiger charge is -2.17. The summed E-state index contributed by atoms with van der Waals surface area (Å²) in [5.74, 6) is 0.910. The minimum Gasteiger partial charge on any atom is -0.499 e. The zero-order valence-corrected chi connectivity index (χ0v) is 9.10. The standard InChI is InChI=1S/C8H18O2Si/c1-6-8(9-2)7-10-11(3,4)5/h6H,7H2,1-5H3/b8-6-. The quantitative estimate of drug-likeness (QED) is 0.481. The van der Waals surface area contributed by atoms with Gasteiger partial charge in [0.15, 0.2) is 8.32 Å². The SMILES string of the molecule is C/C=C(/CO[Si](C)(C)C)OC. The van der Waals surface area contributed by atoms with Crippen LogP contribution in [0, 0.1) is 0 Å². The van der Waals surface area contributed by atoms with E-state index in [0.29, 0.717) is 6.61 Å². The van der Waals surface area contributed by atoms with Gasteiger partial charge in [-0.1, -0.05) is 0 Å². The van der Waals surface area contributed by atoms with Crippen molar-refractivity contribution in [2.75, 3.05) is 13.7 Å². The van der Waals surface area contributed by atoms with Crippen LogP contribution in [0.25, 0.3) is 0 Å². The molecule has 0 atom stereocenters. The van der Waals surface area contributed by atoms with E-state index in [1.807, 2.05) is 13.0 Å². The molecule has 0 unspecified atom stereocenters. The summed E-state index contributed by atoms with van der Waals surface area (Å²) in [7, 11) is 0.296. The van der Waals surface area contributed by atoms with Crippen LogP contribution in [-0.4, -0.2) is 22.0 Å². The summed E-state index contributed by atoms with van der Waals surface area (Å²) < 4.78 is 10.7. The molecule has 0 aliphatic rings. The van der Waals surface area contributed by atoms with Crippen molar-refractivity contribution in [2.45, 2.75) is 26.6 Å². The summed E-state index contributed by atoms with van der Waals surface area (Å²) in [5.41, 5.74) is 0. The van der Waals surface area contributed by atoms with Gasteiger partial charge in [0.25, 0.3) is 0 Å². The van der Waals surface area contributed by atoms with Crippen molar-refractivity contribution in [3.8, 4) is 0 Å². The summed E-state index contributed by atoms with van der Waals surface area (Å²) in [6.07, 6.45) is 1.93. The second-order valence-electron chi connectivity index (χ2n) is 3.36. The zero-order valence-electron chi connectivity index (χ0n) is 8.10. The van der Waals surface area contributed by atoms with Gasteiger partial charge in [0, 0.05) is 0 Å². The maximum atomic E-state index is 5.62. The molecular formula is C8H18O2Si. The van der Waals surface area contributed by atoms with Gasteiger partial charge in [0.05, 0.1) is 13.7 Å². The van der Waals surface area contributed by atoms with Crippen LogP contribution in [0.5, 0.6) is 0 Å². The highest BCUT2D eigenvalue weighted by atomic mass is 28.4. The molecule has 0 fully saturated rings. The predicted octanol–water partition coefficient (Wildman–Crippen LogP) is 2.39. The Morgan fingerprint density at radius 2 is 1.91 bits per heavy atom. The summed E-state index contributed by atoms with van der Waals surface area (Å²) in [5, 5.41) is 0. The van der Waals surface area contributed by atoms with E-state index < -0.39 is 8.32 Å². The topological polar surface area (TPSA) is 18.5 Å².